The Bertz CT molecular complexity index is 653. The van der Waals surface area contributed by atoms with Gasteiger partial charge in [0.2, 0.25) is 0 Å². The molecule has 0 aromatic carbocycles. The van der Waals surface area contributed by atoms with Crippen molar-refractivity contribution in [2.24, 2.45) is 16.8 Å². The van der Waals surface area contributed by atoms with Crippen LogP contribution < -0.4 is 10.6 Å². The summed E-state index contributed by atoms with van der Waals surface area (Å²) < 4.78 is 61.5. The molecule has 7 nitrogen and oxygen atoms in total. The van der Waals surface area contributed by atoms with E-state index >= 15 is 0 Å². The quantitative estimate of drug-likeness (QED) is 0.280. The first kappa shape index (κ1) is 27.7. The normalized spacial score (nSPS) is 22.9. The average Bonchev–Trinajstić information content (AvgIpc) is 3.07. The zero-order chi connectivity index (χ0) is 21.7. The number of nitrogens with one attached hydrogen (secondary N) is 2. The van der Waals surface area contributed by atoms with Crippen molar-refractivity contribution in [3.05, 3.63) is 0 Å². The molecule has 2 N–H and O–H groups in total. The lowest BCUT2D eigenvalue weighted by molar-refractivity contribution is -0.0496. The molecule has 2 aliphatic rings. The van der Waals surface area contributed by atoms with Gasteiger partial charge in [-0.2, -0.15) is 17.5 Å². The first-order valence-corrected chi connectivity index (χ1v) is 11.7. The van der Waals surface area contributed by atoms with Crippen molar-refractivity contribution in [1.29, 1.82) is 0 Å². The van der Waals surface area contributed by atoms with Crippen LogP contribution >= 0.6 is 24.0 Å². The highest BCUT2D eigenvalue weighted by atomic mass is 127. The summed E-state index contributed by atoms with van der Waals surface area (Å²) >= 11 is 0. The van der Waals surface area contributed by atoms with Crippen LogP contribution in [0.1, 0.15) is 39.5 Å². The van der Waals surface area contributed by atoms with E-state index < -0.39 is 15.5 Å². The Balaban J connectivity index is 0.00000450. The van der Waals surface area contributed by atoms with E-state index in [0.29, 0.717) is 41.6 Å². The van der Waals surface area contributed by atoms with Crippen LogP contribution in [-0.4, -0.2) is 81.4 Å². The van der Waals surface area contributed by atoms with Gasteiger partial charge in [-0.1, -0.05) is 13.8 Å². The number of hydrogen-bond acceptors (Lipinski definition) is 4. The Kier molecular flexibility index (Phi) is 11.1. The third-order valence-electron chi connectivity index (χ3n) is 5.59. The number of alkyl halides is 3. The molecule has 178 valence electrons. The zero-order valence-electron chi connectivity index (χ0n) is 17.9. The van der Waals surface area contributed by atoms with Crippen LogP contribution in [0.2, 0.25) is 0 Å². The number of likely N-dealkylation sites (tertiary alicyclic amines) is 1. The van der Waals surface area contributed by atoms with E-state index in [4.69, 9.17) is 0 Å². The summed E-state index contributed by atoms with van der Waals surface area (Å²) in [5, 5.41) is 6.58. The summed E-state index contributed by atoms with van der Waals surface area (Å²) in [7, 11) is -3.53. The molecule has 0 saturated carbocycles. The number of rotatable bonds is 7. The monoisotopic (exact) mass is 569 g/mol. The fourth-order valence-corrected chi connectivity index (χ4v) is 5.00. The molecular formula is C18H35F3IN5O2S. The van der Waals surface area contributed by atoms with Gasteiger partial charge < -0.3 is 10.6 Å². The molecule has 30 heavy (non-hydrogen) atoms. The van der Waals surface area contributed by atoms with Gasteiger partial charge in [-0.3, -0.25) is 9.89 Å². The van der Waals surface area contributed by atoms with Crippen LogP contribution in [0, 0.1) is 11.8 Å². The van der Waals surface area contributed by atoms with Gasteiger partial charge in [-0.25, -0.2) is 8.42 Å². The highest BCUT2D eigenvalue weighted by molar-refractivity contribution is 14.0. The van der Waals surface area contributed by atoms with Crippen LogP contribution in [0.5, 0.6) is 0 Å². The Morgan fingerprint density at radius 1 is 1.10 bits per heavy atom. The number of nitrogens with zero attached hydrogens (tertiary/aromatic N) is 3. The van der Waals surface area contributed by atoms with Crippen molar-refractivity contribution in [3.8, 4) is 0 Å². The molecule has 2 heterocycles. The van der Waals surface area contributed by atoms with Gasteiger partial charge in [0.05, 0.1) is 0 Å². The van der Waals surface area contributed by atoms with E-state index in [1.165, 1.54) is 6.42 Å². The van der Waals surface area contributed by atoms with E-state index in [9.17, 15) is 21.6 Å². The molecule has 1 atom stereocenters. The summed E-state index contributed by atoms with van der Waals surface area (Å²) in [6, 6.07) is 0.478. The van der Waals surface area contributed by atoms with Gasteiger partial charge >= 0.3 is 15.5 Å². The summed E-state index contributed by atoms with van der Waals surface area (Å²) in [6.45, 7) is 7.78. The van der Waals surface area contributed by atoms with E-state index in [2.05, 4.69) is 34.4 Å². The van der Waals surface area contributed by atoms with E-state index in [1.54, 1.807) is 7.05 Å². The number of guanidine groups is 1. The molecule has 0 amide bonds. The van der Waals surface area contributed by atoms with Gasteiger partial charge in [0, 0.05) is 45.8 Å². The fourth-order valence-electron chi connectivity index (χ4n) is 4.01. The van der Waals surface area contributed by atoms with Crippen LogP contribution in [-0.2, 0) is 10.0 Å². The second kappa shape index (κ2) is 12.0. The highest BCUT2D eigenvalue weighted by Gasteiger charge is 2.50. The summed E-state index contributed by atoms with van der Waals surface area (Å²) in [4.78, 5) is 6.73. The SMILES string of the molecule is CN=C(NCC1CCN(S(=O)(=O)C(F)(F)F)CC1)NC[C@H]1CCCN1CC(C)C.I. The Labute approximate surface area is 195 Å². The largest absolute Gasteiger partial charge is 0.511 e. The lowest BCUT2D eigenvalue weighted by Gasteiger charge is -2.32. The van der Waals surface area contributed by atoms with Crippen molar-refractivity contribution in [3.63, 3.8) is 0 Å². The van der Waals surface area contributed by atoms with E-state index in [-0.39, 0.29) is 43.0 Å². The molecule has 0 spiro atoms. The smallest absolute Gasteiger partial charge is 0.356 e. The molecule has 0 radical (unpaired) electrons. The number of aliphatic imine (C=N–C) groups is 1. The maximum atomic E-state index is 12.7. The molecule has 0 aromatic rings. The predicted octanol–water partition coefficient (Wildman–Crippen LogP) is 2.45. The molecule has 0 aliphatic carbocycles. The van der Waals surface area contributed by atoms with Crippen molar-refractivity contribution >= 4 is 40.0 Å². The Morgan fingerprint density at radius 2 is 1.70 bits per heavy atom. The lowest BCUT2D eigenvalue weighted by atomic mass is 9.98. The molecule has 0 bridgehead atoms. The van der Waals surface area contributed by atoms with Crippen molar-refractivity contribution in [1.82, 2.24) is 19.8 Å². The molecule has 0 aromatic heterocycles. The van der Waals surface area contributed by atoms with Crippen molar-refractivity contribution < 1.29 is 21.6 Å². The minimum atomic E-state index is -5.23. The van der Waals surface area contributed by atoms with Crippen molar-refractivity contribution in [2.45, 2.75) is 51.1 Å². The fraction of sp³-hybridized carbons (Fsp3) is 0.944. The molecule has 0 unspecified atom stereocenters. The van der Waals surface area contributed by atoms with Gasteiger partial charge in [0.25, 0.3) is 0 Å². The minimum absolute atomic E-state index is 0. The summed E-state index contributed by atoms with van der Waals surface area (Å²) in [5.41, 5.74) is -5.23. The van der Waals surface area contributed by atoms with Crippen LogP contribution in [0.3, 0.4) is 0 Å². The lowest BCUT2D eigenvalue weighted by Crippen LogP contribution is -2.48. The summed E-state index contributed by atoms with van der Waals surface area (Å²) in [6.07, 6.45) is 3.14. The van der Waals surface area contributed by atoms with Gasteiger partial charge in [-0.05, 0) is 44.1 Å². The highest BCUT2D eigenvalue weighted by Crippen LogP contribution is 2.30. The number of sulfonamides is 1. The number of piperidine rings is 1. The maximum Gasteiger partial charge on any atom is 0.511 e. The number of hydrogen-bond donors (Lipinski definition) is 2. The second-order valence-corrected chi connectivity index (χ2v) is 10.2. The van der Waals surface area contributed by atoms with E-state index in [1.807, 2.05) is 0 Å². The zero-order valence-corrected chi connectivity index (χ0v) is 21.1. The van der Waals surface area contributed by atoms with Gasteiger partial charge in [-0.15, -0.1) is 24.0 Å². The van der Waals surface area contributed by atoms with Crippen molar-refractivity contribution in [2.75, 3.05) is 46.3 Å². The predicted molar refractivity (Wildman–Crippen MR) is 123 cm³/mol. The molecular weight excluding hydrogens is 534 g/mol. The molecule has 2 rings (SSSR count). The van der Waals surface area contributed by atoms with Crippen LogP contribution in [0.4, 0.5) is 13.2 Å². The maximum absolute atomic E-state index is 12.7. The van der Waals surface area contributed by atoms with E-state index in [0.717, 1.165) is 26.1 Å². The molecule has 12 heteroatoms. The Hall–Kier alpha value is -0.340. The average molecular weight is 569 g/mol. The summed E-state index contributed by atoms with van der Waals surface area (Å²) in [5.74, 6) is 1.41. The molecule has 2 fully saturated rings. The first-order valence-electron chi connectivity index (χ1n) is 10.3. The van der Waals surface area contributed by atoms with Crippen LogP contribution in [0.25, 0.3) is 0 Å². The number of halogens is 4. The molecule has 2 aliphatic heterocycles. The first-order chi connectivity index (χ1) is 13.5. The topological polar surface area (TPSA) is 77.0 Å². The third-order valence-corrected chi connectivity index (χ3v) is 7.22. The van der Waals surface area contributed by atoms with Gasteiger partial charge in [0.15, 0.2) is 5.96 Å². The minimum Gasteiger partial charge on any atom is -0.356 e. The Morgan fingerprint density at radius 3 is 2.23 bits per heavy atom. The van der Waals surface area contributed by atoms with Crippen LogP contribution in [0.15, 0.2) is 4.99 Å². The second-order valence-electron chi connectivity index (χ2n) is 8.31. The standard InChI is InChI=1S/C18H34F3N5O2S.HI/c1-14(2)13-25-8-4-5-16(25)12-24-17(22-3)23-11-15-6-9-26(10-7-15)29(27,28)18(19,20)21;/h14-16H,4-13H2,1-3H3,(H2,22,23,24);1H/t16-;/m1./s1. The van der Waals surface area contributed by atoms with Gasteiger partial charge in [0.1, 0.15) is 0 Å². The molecule has 2 saturated heterocycles. The third kappa shape index (κ3) is 7.66.